The summed E-state index contributed by atoms with van der Waals surface area (Å²) in [6, 6.07) is 1.82. The van der Waals surface area contributed by atoms with Crippen molar-refractivity contribution in [3.63, 3.8) is 0 Å². The summed E-state index contributed by atoms with van der Waals surface area (Å²) >= 11 is 6.12. The van der Waals surface area contributed by atoms with Crippen LogP contribution < -0.4 is 0 Å². The van der Waals surface area contributed by atoms with Crippen LogP contribution in [0.3, 0.4) is 0 Å². The molecule has 0 saturated carbocycles. The van der Waals surface area contributed by atoms with E-state index in [9.17, 15) is 0 Å². The second kappa shape index (κ2) is 5.29. The summed E-state index contributed by atoms with van der Waals surface area (Å²) in [7, 11) is 0. The van der Waals surface area contributed by atoms with E-state index in [1.807, 2.05) is 6.07 Å². The van der Waals surface area contributed by atoms with Crippen molar-refractivity contribution in [1.82, 2.24) is 19.5 Å². The van der Waals surface area contributed by atoms with Crippen molar-refractivity contribution in [1.29, 1.82) is 0 Å². The van der Waals surface area contributed by atoms with Crippen LogP contribution in [-0.2, 0) is 12.0 Å². The van der Waals surface area contributed by atoms with Crippen molar-refractivity contribution in [2.45, 2.75) is 46.1 Å². The monoisotopic (exact) mass is 278 g/mol. The fraction of sp³-hybridized carbons (Fsp3) is 0.500. The second-order valence-electron chi connectivity index (χ2n) is 5.62. The predicted octanol–water partition coefficient (Wildman–Crippen LogP) is 3.70. The molecule has 0 bridgehead atoms. The maximum absolute atomic E-state index is 6.12. The third-order valence-electron chi connectivity index (χ3n) is 2.87. The SMILES string of the molecule is CCCn1cncc1-c1nc(Cl)cc(C(C)(C)C)n1. The molecule has 0 aliphatic carbocycles. The number of halogens is 1. The largest absolute Gasteiger partial charge is 0.328 e. The quantitative estimate of drug-likeness (QED) is 0.804. The fourth-order valence-corrected chi connectivity index (χ4v) is 2.03. The Morgan fingerprint density at radius 3 is 2.63 bits per heavy atom. The Hall–Kier alpha value is -1.42. The van der Waals surface area contributed by atoms with E-state index in [1.54, 1.807) is 12.5 Å². The lowest BCUT2D eigenvalue weighted by atomic mass is 9.92. The molecule has 0 amide bonds. The topological polar surface area (TPSA) is 43.6 Å². The van der Waals surface area contributed by atoms with Crippen LogP contribution in [0.5, 0.6) is 0 Å². The minimum Gasteiger partial charge on any atom is -0.328 e. The molecular weight excluding hydrogens is 260 g/mol. The van der Waals surface area contributed by atoms with E-state index in [2.05, 4.69) is 47.2 Å². The van der Waals surface area contributed by atoms with Gasteiger partial charge in [-0.3, -0.25) is 0 Å². The highest BCUT2D eigenvalue weighted by molar-refractivity contribution is 6.29. The lowest BCUT2D eigenvalue weighted by Gasteiger charge is -2.18. The molecule has 0 fully saturated rings. The molecule has 0 aliphatic rings. The molecule has 0 saturated heterocycles. The second-order valence-corrected chi connectivity index (χ2v) is 6.01. The van der Waals surface area contributed by atoms with E-state index < -0.39 is 0 Å². The van der Waals surface area contributed by atoms with Crippen molar-refractivity contribution >= 4 is 11.6 Å². The first kappa shape index (κ1) is 14.0. The van der Waals surface area contributed by atoms with Crippen LogP contribution in [0.1, 0.15) is 39.8 Å². The highest BCUT2D eigenvalue weighted by Crippen LogP contribution is 2.25. The van der Waals surface area contributed by atoms with Crippen LogP contribution >= 0.6 is 11.6 Å². The van der Waals surface area contributed by atoms with Crippen LogP contribution in [0.25, 0.3) is 11.5 Å². The number of imidazole rings is 1. The van der Waals surface area contributed by atoms with E-state index >= 15 is 0 Å². The average molecular weight is 279 g/mol. The highest BCUT2D eigenvalue weighted by Gasteiger charge is 2.19. The van der Waals surface area contributed by atoms with Crippen molar-refractivity contribution in [3.05, 3.63) is 29.4 Å². The summed E-state index contributed by atoms with van der Waals surface area (Å²) in [6.07, 6.45) is 4.63. The van der Waals surface area contributed by atoms with Gasteiger partial charge in [0.05, 0.1) is 18.2 Å². The van der Waals surface area contributed by atoms with Crippen LogP contribution in [0, 0.1) is 0 Å². The molecule has 19 heavy (non-hydrogen) atoms. The van der Waals surface area contributed by atoms with Gasteiger partial charge in [-0.2, -0.15) is 0 Å². The zero-order valence-electron chi connectivity index (χ0n) is 11.8. The maximum Gasteiger partial charge on any atom is 0.179 e. The van der Waals surface area contributed by atoms with Crippen molar-refractivity contribution in [3.8, 4) is 11.5 Å². The van der Waals surface area contributed by atoms with Gasteiger partial charge in [0.15, 0.2) is 5.82 Å². The average Bonchev–Trinajstić information content (AvgIpc) is 2.76. The summed E-state index contributed by atoms with van der Waals surface area (Å²) < 4.78 is 2.05. The molecule has 0 aromatic carbocycles. The molecule has 2 aromatic heterocycles. The van der Waals surface area contributed by atoms with Crippen molar-refractivity contribution in [2.75, 3.05) is 0 Å². The molecule has 0 atom stereocenters. The third kappa shape index (κ3) is 3.13. The minimum absolute atomic E-state index is 0.0586. The zero-order valence-corrected chi connectivity index (χ0v) is 12.6. The first-order valence-electron chi connectivity index (χ1n) is 6.47. The Bertz CT molecular complexity index is 569. The first-order valence-corrected chi connectivity index (χ1v) is 6.85. The van der Waals surface area contributed by atoms with Gasteiger partial charge in [0, 0.05) is 12.0 Å². The van der Waals surface area contributed by atoms with Gasteiger partial charge in [-0.1, -0.05) is 39.3 Å². The molecule has 102 valence electrons. The Morgan fingerprint density at radius 2 is 2.00 bits per heavy atom. The minimum atomic E-state index is -0.0586. The number of aryl methyl sites for hydroxylation is 1. The van der Waals surface area contributed by atoms with Crippen molar-refractivity contribution < 1.29 is 0 Å². The van der Waals surface area contributed by atoms with Gasteiger partial charge >= 0.3 is 0 Å². The molecule has 5 heteroatoms. The van der Waals surface area contributed by atoms with Gasteiger partial charge < -0.3 is 4.57 Å². The van der Waals surface area contributed by atoms with Crippen LogP contribution in [0.15, 0.2) is 18.6 Å². The summed E-state index contributed by atoms with van der Waals surface area (Å²) in [4.78, 5) is 13.1. The molecule has 0 aliphatic heterocycles. The molecule has 0 N–H and O–H groups in total. The van der Waals surface area contributed by atoms with Gasteiger partial charge in [0.2, 0.25) is 0 Å². The Morgan fingerprint density at radius 1 is 1.26 bits per heavy atom. The highest BCUT2D eigenvalue weighted by atomic mass is 35.5. The standard InChI is InChI=1S/C14H19ClN4/c1-5-6-19-9-16-8-10(19)13-17-11(14(2,3)4)7-12(15)18-13/h7-9H,5-6H2,1-4H3. The number of hydrogen-bond donors (Lipinski definition) is 0. The molecule has 0 spiro atoms. The predicted molar refractivity (Wildman–Crippen MR) is 77.3 cm³/mol. The molecular formula is C14H19ClN4. The van der Waals surface area contributed by atoms with Crippen LogP contribution in [0.4, 0.5) is 0 Å². The zero-order chi connectivity index (χ0) is 14.0. The van der Waals surface area contributed by atoms with E-state index in [1.165, 1.54) is 0 Å². The van der Waals surface area contributed by atoms with E-state index in [0.29, 0.717) is 11.0 Å². The molecule has 2 heterocycles. The van der Waals surface area contributed by atoms with E-state index in [0.717, 1.165) is 24.4 Å². The van der Waals surface area contributed by atoms with Gasteiger partial charge in [-0.25, -0.2) is 15.0 Å². The first-order chi connectivity index (χ1) is 8.91. The summed E-state index contributed by atoms with van der Waals surface area (Å²) in [5.41, 5.74) is 1.79. The molecule has 2 rings (SSSR count). The van der Waals surface area contributed by atoms with Crippen LogP contribution in [-0.4, -0.2) is 19.5 Å². The Balaban J connectivity index is 2.50. The number of rotatable bonds is 3. The van der Waals surface area contributed by atoms with Gasteiger partial charge in [-0.15, -0.1) is 0 Å². The van der Waals surface area contributed by atoms with Gasteiger partial charge in [0.25, 0.3) is 0 Å². The summed E-state index contributed by atoms with van der Waals surface area (Å²) in [5.74, 6) is 0.642. The van der Waals surface area contributed by atoms with E-state index in [4.69, 9.17) is 11.6 Å². The Labute approximate surface area is 118 Å². The fourth-order valence-electron chi connectivity index (χ4n) is 1.84. The van der Waals surface area contributed by atoms with Crippen LogP contribution in [0.2, 0.25) is 5.15 Å². The van der Waals surface area contributed by atoms with Gasteiger partial charge in [0.1, 0.15) is 10.8 Å². The number of nitrogens with zero attached hydrogens (tertiary/aromatic N) is 4. The molecule has 0 unspecified atom stereocenters. The third-order valence-corrected chi connectivity index (χ3v) is 3.06. The molecule has 0 radical (unpaired) electrons. The molecule has 2 aromatic rings. The lowest BCUT2D eigenvalue weighted by molar-refractivity contribution is 0.567. The normalized spacial score (nSPS) is 11.8. The number of hydrogen-bond acceptors (Lipinski definition) is 3. The summed E-state index contributed by atoms with van der Waals surface area (Å²) in [5, 5.41) is 0.471. The number of aromatic nitrogens is 4. The maximum atomic E-state index is 6.12. The Kier molecular flexibility index (Phi) is 3.90. The van der Waals surface area contributed by atoms with Gasteiger partial charge in [-0.05, 0) is 12.5 Å². The molecule has 4 nitrogen and oxygen atoms in total. The van der Waals surface area contributed by atoms with E-state index in [-0.39, 0.29) is 5.41 Å². The smallest absolute Gasteiger partial charge is 0.179 e. The lowest BCUT2D eigenvalue weighted by Crippen LogP contribution is -2.15. The van der Waals surface area contributed by atoms with Crippen molar-refractivity contribution in [2.24, 2.45) is 0 Å². The summed E-state index contributed by atoms with van der Waals surface area (Å²) in [6.45, 7) is 9.36.